The van der Waals surface area contributed by atoms with Crippen LogP contribution in [-0.4, -0.2) is 63.0 Å². The van der Waals surface area contributed by atoms with E-state index in [0.29, 0.717) is 12.1 Å². The summed E-state index contributed by atoms with van der Waals surface area (Å²) in [4.78, 5) is 2.54. The second-order valence-corrected chi connectivity index (χ2v) is 5.36. The molecule has 2 rings (SSSR count). The van der Waals surface area contributed by atoms with Crippen LogP contribution in [0.3, 0.4) is 0 Å². The smallest absolute Gasteiger partial charge is 0.0702 e. The van der Waals surface area contributed by atoms with Gasteiger partial charge in [-0.2, -0.15) is 0 Å². The van der Waals surface area contributed by atoms with E-state index in [1.165, 1.54) is 32.2 Å². The van der Waals surface area contributed by atoms with E-state index in [0.717, 1.165) is 39.5 Å². The van der Waals surface area contributed by atoms with E-state index < -0.39 is 0 Å². The number of likely N-dealkylation sites (tertiary alicyclic amines) is 1. The summed E-state index contributed by atoms with van der Waals surface area (Å²) in [6.07, 6.45) is 5.31. The molecule has 0 aromatic heterocycles. The predicted molar refractivity (Wildman–Crippen MR) is 72.9 cm³/mol. The molecule has 0 aromatic carbocycles. The summed E-state index contributed by atoms with van der Waals surface area (Å²) in [6, 6.07) is 0.672. The predicted octanol–water partition coefficient (Wildman–Crippen LogP) is 1.26. The maximum absolute atomic E-state index is 5.73. The summed E-state index contributed by atoms with van der Waals surface area (Å²) in [6.45, 7) is 9.39. The molecule has 1 unspecified atom stereocenters. The van der Waals surface area contributed by atoms with Crippen molar-refractivity contribution in [3.8, 4) is 0 Å². The fourth-order valence-corrected chi connectivity index (χ4v) is 2.92. The van der Waals surface area contributed by atoms with Crippen LogP contribution in [0.1, 0.15) is 32.6 Å². The normalized spacial score (nSPS) is 27.5. The largest absolute Gasteiger partial charge is 0.381 e. The van der Waals surface area contributed by atoms with E-state index in [2.05, 4.69) is 17.1 Å². The van der Waals surface area contributed by atoms with E-state index in [4.69, 9.17) is 9.47 Å². The number of hydrogen-bond donors (Lipinski definition) is 1. The molecule has 2 aliphatic heterocycles. The van der Waals surface area contributed by atoms with Gasteiger partial charge in [0.1, 0.15) is 0 Å². The molecule has 2 aliphatic rings. The van der Waals surface area contributed by atoms with E-state index in [1.54, 1.807) is 0 Å². The maximum atomic E-state index is 5.73. The molecule has 0 aliphatic carbocycles. The highest BCUT2D eigenvalue weighted by Gasteiger charge is 2.20. The lowest BCUT2D eigenvalue weighted by atomic mass is 10.1. The highest BCUT2D eigenvalue weighted by Crippen LogP contribution is 2.12. The van der Waals surface area contributed by atoms with Crippen LogP contribution >= 0.6 is 0 Å². The number of rotatable bonds is 6. The molecule has 4 heteroatoms. The molecule has 2 saturated heterocycles. The average Bonchev–Trinajstić information content (AvgIpc) is 2.41. The summed E-state index contributed by atoms with van der Waals surface area (Å²) in [5, 5.41) is 3.65. The standard InChI is InChI=1S/C14H28N2O2/c1-2-18-14-4-3-8-16(12-14)9-7-15-13-5-10-17-11-6-13/h13-15H,2-12H2,1H3. The van der Waals surface area contributed by atoms with Gasteiger partial charge in [-0.3, -0.25) is 4.90 Å². The molecule has 0 bridgehead atoms. The lowest BCUT2D eigenvalue weighted by Crippen LogP contribution is -2.44. The van der Waals surface area contributed by atoms with Crippen LogP contribution < -0.4 is 5.32 Å². The number of ether oxygens (including phenoxy) is 2. The number of hydrogen-bond acceptors (Lipinski definition) is 4. The van der Waals surface area contributed by atoms with Crippen LogP contribution in [0.2, 0.25) is 0 Å². The van der Waals surface area contributed by atoms with Crippen LogP contribution in [0.4, 0.5) is 0 Å². The number of nitrogens with one attached hydrogen (secondary N) is 1. The molecular formula is C14H28N2O2. The quantitative estimate of drug-likeness (QED) is 0.775. The van der Waals surface area contributed by atoms with Gasteiger partial charge in [0, 0.05) is 45.5 Å². The lowest BCUT2D eigenvalue weighted by Gasteiger charge is -2.33. The van der Waals surface area contributed by atoms with E-state index >= 15 is 0 Å². The van der Waals surface area contributed by atoms with Crippen molar-refractivity contribution in [2.24, 2.45) is 0 Å². The molecule has 1 atom stereocenters. The molecule has 0 amide bonds. The minimum absolute atomic E-state index is 0.465. The topological polar surface area (TPSA) is 33.7 Å². The van der Waals surface area contributed by atoms with Crippen LogP contribution in [0, 0.1) is 0 Å². The maximum Gasteiger partial charge on any atom is 0.0702 e. The second kappa shape index (κ2) is 8.10. The van der Waals surface area contributed by atoms with Crippen molar-refractivity contribution in [3.05, 3.63) is 0 Å². The zero-order valence-corrected chi connectivity index (χ0v) is 11.7. The van der Waals surface area contributed by atoms with Crippen LogP contribution in [0.25, 0.3) is 0 Å². The third kappa shape index (κ3) is 4.84. The van der Waals surface area contributed by atoms with Crippen molar-refractivity contribution in [3.63, 3.8) is 0 Å². The SMILES string of the molecule is CCOC1CCCN(CCNC2CCOCC2)C1. The Morgan fingerprint density at radius 2 is 2.11 bits per heavy atom. The monoisotopic (exact) mass is 256 g/mol. The molecule has 4 nitrogen and oxygen atoms in total. The minimum Gasteiger partial charge on any atom is -0.381 e. The first-order chi connectivity index (χ1) is 8.88. The van der Waals surface area contributed by atoms with Crippen molar-refractivity contribution in [1.82, 2.24) is 10.2 Å². The van der Waals surface area contributed by atoms with Crippen molar-refractivity contribution in [2.45, 2.75) is 44.8 Å². The first kappa shape index (κ1) is 14.3. The molecule has 2 fully saturated rings. The van der Waals surface area contributed by atoms with Gasteiger partial charge in [0.25, 0.3) is 0 Å². The Bertz CT molecular complexity index is 218. The summed E-state index contributed by atoms with van der Waals surface area (Å²) in [5.74, 6) is 0. The first-order valence-corrected chi connectivity index (χ1v) is 7.53. The Balaban J connectivity index is 1.57. The van der Waals surface area contributed by atoms with Gasteiger partial charge in [0.2, 0.25) is 0 Å². The van der Waals surface area contributed by atoms with Crippen molar-refractivity contribution >= 4 is 0 Å². The highest BCUT2D eigenvalue weighted by molar-refractivity contribution is 4.75. The van der Waals surface area contributed by atoms with Crippen molar-refractivity contribution < 1.29 is 9.47 Å². The second-order valence-electron chi connectivity index (χ2n) is 5.36. The van der Waals surface area contributed by atoms with E-state index in [9.17, 15) is 0 Å². The Hall–Kier alpha value is -0.160. The van der Waals surface area contributed by atoms with Gasteiger partial charge >= 0.3 is 0 Å². The van der Waals surface area contributed by atoms with Crippen molar-refractivity contribution in [1.29, 1.82) is 0 Å². The van der Waals surface area contributed by atoms with Gasteiger partial charge in [-0.1, -0.05) is 0 Å². The minimum atomic E-state index is 0.465. The Morgan fingerprint density at radius 1 is 1.28 bits per heavy atom. The van der Waals surface area contributed by atoms with Gasteiger partial charge < -0.3 is 14.8 Å². The average molecular weight is 256 g/mol. The molecule has 0 saturated carbocycles. The molecular weight excluding hydrogens is 228 g/mol. The summed E-state index contributed by atoms with van der Waals surface area (Å²) < 4.78 is 11.1. The summed E-state index contributed by atoms with van der Waals surface area (Å²) in [5.41, 5.74) is 0. The van der Waals surface area contributed by atoms with Crippen molar-refractivity contribution in [2.75, 3.05) is 46.0 Å². The highest BCUT2D eigenvalue weighted by atomic mass is 16.5. The number of nitrogens with zero attached hydrogens (tertiary/aromatic N) is 1. The molecule has 0 aromatic rings. The van der Waals surface area contributed by atoms with Gasteiger partial charge in [-0.05, 0) is 39.2 Å². The molecule has 1 N–H and O–H groups in total. The third-order valence-electron chi connectivity index (χ3n) is 3.95. The van der Waals surface area contributed by atoms with Gasteiger partial charge in [0.05, 0.1) is 6.10 Å². The van der Waals surface area contributed by atoms with Gasteiger partial charge in [0.15, 0.2) is 0 Å². The van der Waals surface area contributed by atoms with E-state index in [1.807, 2.05) is 0 Å². The fourth-order valence-electron chi connectivity index (χ4n) is 2.92. The zero-order chi connectivity index (χ0) is 12.6. The fraction of sp³-hybridized carbons (Fsp3) is 1.00. The molecule has 106 valence electrons. The molecule has 2 heterocycles. The Labute approximate surface area is 111 Å². The van der Waals surface area contributed by atoms with Crippen LogP contribution in [0.15, 0.2) is 0 Å². The lowest BCUT2D eigenvalue weighted by molar-refractivity contribution is 0.00576. The third-order valence-corrected chi connectivity index (χ3v) is 3.95. The number of piperidine rings is 1. The van der Waals surface area contributed by atoms with E-state index in [-0.39, 0.29) is 0 Å². The summed E-state index contributed by atoms with van der Waals surface area (Å²) >= 11 is 0. The van der Waals surface area contributed by atoms with Crippen LogP contribution in [0.5, 0.6) is 0 Å². The summed E-state index contributed by atoms with van der Waals surface area (Å²) in [7, 11) is 0. The van der Waals surface area contributed by atoms with Crippen LogP contribution in [-0.2, 0) is 9.47 Å². The molecule has 0 radical (unpaired) electrons. The van der Waals surface area contributed by atoms with Gasteiger partial charge in [-0.25, -0.2) is 0 Å². The molecule has 18 heavy (non-hydrogen) atoms. The Morgan fingerprint density at radius 3 is 2.89 bits per heavy atom. The zero-order valence-electron chi connectivity index (χ0n) is 11.7. The van der Waals surface area contributed by atoms with Gasteiger partial charge in [-0.15, -0.1) is 0 Å². The Kier molecular flexibility index (Phi) is 6.41. The first-order valence-electron chi connectivity index (χ1n) is 7.53. The molecule has 0 spiro atoms.